The Labute approximate surface area is 98.7 Å². The number of nitriles is 1. The van der Waals surface area contributed by atoms with Gasteiger partial charge in [0.15, 0.2) is 0 Å². The van der Waals surface area contributed by atoms with Crippen molar-refractivity contribution in [3.63, 3.8) is 0 Å². The molecule has 5 heteroatoms. The second-order valence-corrected chi connectivity index (χ2v) is 4.11. The standard InChI is InChI=1S/C12H13N3O2/c13-8-9-3-6-15(7-4-9)12(17)10-2-1-5-14-11(10)16/h1-2,5,9H,3-4,6-7H2,(H,14,16). The minimum atomic E-state index is -0.361. The number of carbonyl (C=O) groups excluding carboxylic acids is 1. The molecule has 1 aromatic rings. The Morgan fingerprint density at radius 1 is 1.47 bits per heavy atom. The van der Waals surface area contributed by atoms with E-state index in [0.717, 1.165) is 0 Å². The molecular formula is C12H13N3O2. The van der Waals surface area contributed by atoms with Gasteiger partial charge in [0.2, 0.25) is 0 Å². The van der Waals surface area contributed by atoms with E-state index in [0.29, 0.717) is 25.9 Å². The van der Waals surface area contributed by atoms with Crippen molar-refractivity contribution >= 4 is 5.91 Å². The fourth-order valence-electron chi connectivity index (χ4n) is 1.97. The highest BCUT2D eigenvalue weighted by atomic mass is 16.2. The van der Waals surface area contributed by atoms with Crippen molar-refractivity contribution in [3.8, 4) is 6.07 Å². The summed E-state index contributed by atoms with van der Waals surface area (Å²) in [7, 11) is 0. The average Bonchev–Trinajstić information content (AvgIpc) is 2.39. The van der Waals surface area contributed by atoms with E-state index >= 15 is 0 Å². The Morgan fingerprint density at radius 2 is 2.18 bits per heavy atom. The predicted molar refractivity (Wildman–Crippen MR) is 61.3 cm³/mol. The van der Waals surface area contributed by atoms with Gasteiger partial charge in [-0.2, -0.15) is 5.26 Å². The van der Waals surface area contributed by atoms with Crippen LogP contribution in [0.1, 0.15) is 23.2 Å². The molecule has 5 nitrogen and oxygen atoms in total. The van der Waals surface area contributed by atoms with Gasteiger partial charge in [-0.05, 0) is 25.0 Å². The second-order valence-electron chi connectivity index (χ2n) is 4.11. The Kier molecular flexibility index (Phi) is 3.24. The zero-order valence-corrected chi connectivity index (χ0v) is 9.35. The lowest BCUT2D eigenvalue weighted by atomic mass is 9.98. The zero-order chi connectivity index (χ0) is 12.3. The number of amides is 1. The number of likely N-dealkylation sites (tertiary alicyclic amines) is 1. The third kappa shape index (κ3) is 2.36. The molecule has 0 spiro atoms. The molecule has 1 amide bonds. The molecule has 0 unspecified atom stereocenters. The van der Waals surface area contributed by atoms with Crippen molar-refractivity contribution in [1.82, 2.24) is 9.88 Å². The lowest BCUT2D eigenvalue weighted by molar-refractivity contribution is 0.0705. The van der Waals surface area contributed by atoms with E-state index in [1.54, 1.807) is 11.0 Å². The summed E-state index contributed by atoms with van der Waals surface area (Å²) in [6.07, 6.45) is 2.88. The number of nitrogens with one attached hydrogen (secondary N) is 1. The number of H-pyrrole nitrogens is 1. The number of aromatic amines is 1. The molecule has 1 fully saturated rings. The van der Waals surface area contributed by atoms with Crippen LogP contribution in [0.2, 0.25) is 0 Å². The normalized spacial score (nSPS) is 16.5. The molecule has 1 aliphatic rings. The van der Waals surface area contributed by atoms with Crippen LogP contribution in [0, 0.1) is 17.2 Å². The molecule has 0 radical (unpaired) electrons. The van der Waals surface area contributed by atoms with Crippen LogP contribution >= 0.6 is 0 Å². The van der Waals surface area contributed by atoms with E-state index in [4.69, 9.17) is 5.26 Å². The molecule has 0 saturated carbocycles. The molecular weight excluding hydrogens is 218 g/mol. The fraction of sp³-hybridized carbons (Fsp3) is 0.417. The molecule has 88 valence electrons. The van der Waals surface area contributed by atoms with E-state index in [9.17, 15) is 9.59 Å². The monoisotopic (exact) mass is 231 g/mol. The summed E-state index contributed by atoms with van der Waals surface area (Å²) in [5.41, 5.74) is -0.192. The van der Waals surface area contributed by atoms with Crippen molar-refractivity contribution in [2.24, 2.45) is 5.92 Å². The van der Waals surface area contributed by atoms with Crippen LogP contribution < -0.4 is 5.56 Å². The Balaban J connectivity index is 2.10. The third-order valence-corrected chi connectivity index (χ3v) is 3.01. The molecule has 17 heavy (non-hydrogen) atoms. The first kappa shape index (κ1) is 11.4. The van der Waals surface area contributed by atoms with Crippen molar-refractivity contribution in [3.05, 3.63) is 34.2 Å². The van der Waals surface area contributed by atoms with E-state index in [-0.39, 0.29) is 22.9 Å². The van der Waals surface area contributed by atoms with Gasteiger partial charge in [0, 0.05) is 25.2 Å². The maximum atomic E-state index is 12.0. The summed E-state index contributed by atoms with van der Waals surface area (Å²) >= 11 is 0. The molecule has 0 aliphatic carbocycles. The Bertz CT molecular complexity index is 507. The maximum absolute atomic E-state index is 12.0. The van der Waals surface area contributed by atoms with Gasteiger partial charge in [0.1, 0.15) is 5.56 Å². The van der Waals surface area contributed by atoms with Gasteiger partial charge in [-0.25, -0.2) is 0 Å². The largest absolute Gasteiger partial charge is 0.338 e. The van der Waals surface area contributed by atoms with Crippen molar-refractivity contribution in [2.45, 2.75) is 12.8 Å². The smallest absolute Gasteiger partial charge is 0.260 e. The van der Waals surface area contributed by atoms with Gasteiger partial charge in [-0.1, -0.05) is 0 Å². The van der Waals surface area contributed by atoms with Crippen molar-refractivity contribution in [2.75, 3.05) is 13.1 Å². The third-order valence-electron chi connectivity index (χ3n) is 3.01. The molecule has 0 bridgehead atoms. The maximum Gasteiger partial charge on any atom is 0.260 e. The molecule has 2 rings (SSSR count). The van der Waals surface area contributed by atoms with Crippen LogP contribution in [0.15, 0.2) is 23.1 Å². The van der Waals surface area contributed by atoms with E-state index < -0.39 is 0 Å². The number of nitrogens with zero attached hydrogens (tertiary/aromatic N) is 2. The summed E-state index contributed by atoms with van der Waals surface area (Å²) in [6.45, 7) is 1.09. The highest BCUT2D eigenvalue weighted by molar-refractivity contribution is 5.93. The number of hydrogen-bond acceptors (Lipinski definition) is 3. The number of piperidine rings is 1. The lowest BCUT2D eigenvalue weighted by Gasteiger charge is -2.28. The first-order valence-electron chi connectivity index (χ1n) is 5.59. The molecule has 0 aromatic carbocycles. The summed E-state index contributed by atoms with van der Waals surface area (Å²) in [5, 5.41) is 8.77. The van der Waals surface area contributed by atoms with Gasteiger partial charge in [-0.15, -0.1) is 0 Å². The summed E-state index contributed by atoms with van der Waals surface area (Å²) in [4.78, 5) is 27.6. The highest BCUT2D eigenvalue weighted by Crippen LogP contribution is 2.17. The van der Waals surface area contributed by atoms with Crippen molar-refractivity contribution in [1.29, 1.82) is 5.26 Å². The van der Waals surface area contributed by atoms with Gasteiger partial charge in [0.25, 0.3) is 11.5 Å². The van der Waals surface area contributed by atoms with Gasteiger partial charge < -0.3 is 9.88 Å². The van der Waals surface area contributed by atoms with Gasteiger partial charge >= 0.3 is 0 Å². The Morgan fingerprint density at radius 3 is 2.76 bits per heavy atom. The van der Waals surface area contributed by atoms with Crippen LogP contribution in [-0.4, -0.2) is 28.9 Å². The predicted octanol–water partition coefficient (Wildman–Crippen LogP) is 0.751. The molecule has 1 aliphatic heterocycles. The number of aromatic nitrogens is 1. The van der Waals surface area contributed by atoms with E-state index in [1.807, 2.05) is 0 Å². The summed E-state index contributed by atoms with van der Waals surface area (Å²) in [6, 6.07) is 5.37. The number of hydrogen-bond donors (Lipinski definition) is 1. The van der Waals surface area contributed by atoms with Crippen LogP contribution in [0.3, 0.4) is 0 Å². The number of rotatable bonds is 1. The van der Waals surface area contributed by atoms with Crippen LogP contribution in [0.4, 0.5) is 0 Å². The van der Waals surface area contributed by atoms with Crippen LogP contribution in [-0.2, 0) is 0 Å². The topological polar surface area (TPSA) is 77.0 Å². The zero-order valence-electron chi connectivity index (χ0n) is 9.35. The molecule has 1 saturated heterocycles. The SMILES string of the molecule is N#CC1CCN(C(=O)c2ccc[nH]c2=O)CC1. The minimum Gasteiger partial charge on any atom is -0.338 e. The number of carbonyl (C=O) groups is 1. The lowest BCUT2D eigenvalue weighted by Crippen LogP contribution is -2.40. The number of pyridine rings is 1. The van der Waals surface area contributed by atoms with Gasteiger partial charge in [-0.3, -0.25) is 9.59 Å². The van der Waals surface area contributed by atoms with Gasteiger partial charge in [0.05, 0.1) is 6.07 Å². The molecule has 1 aromatic heterocycles. The van der Waals surface area contributed by atoms with Crippen LogP contribution in [0.25, 0.3) is 0 Å². The average molecular weight is 231 g/mol. The minimum absolute atomic E-state index is 0.0353. The molecule has 2 heterocycles. The summed E-state index contributed by atoms with van der Waals surface area (Å²) < 4.78 is 0. The quantitative estimate of drug-likeness (QED) is 0.774. The highest BCUT2D eigenvalue weighted by Gasteiger charge is 2.24. The first-order chi connectivity index (χ1) is 8.22. The van der Waals surface area contributed by atoms with E-state index in [1.165, 1.54) is 12.3 Å². The summed E-state index contributed by atoms with van der Waals surface area (Å²) in [5.74, 6) is -0.212. The van der Waals surface area contributed by atoms with E-state index in [2.05, 4.69) is 11.1 Å². The molecule has 0 atom stereocenters. The fourth-order valence-corrected chi connectivity index (χ4v) is 1.97. The first-order valence-corrected chi connectivity index (χ1v) is 5.59. The molecule has 1 N–H and O–H groups in total. The van der Waals surface area contributed by atoms with Crippen molar-refractivity contribution < 1.29 is 4.79 Å². The van der Waals surface area contributed by atoms with Crippen LogP contribution in [0.5, 0.6) is 0 Å². The Hall–Kier alpha value is -2.09. The second kappa shape index (κ2) is 4.83.